The van der Waals surface area contributed by atoms with Crippen molar-refractivity contribution in [2.75, 3.05) is 31.1 Å². The number of nitrogens with zero attached hydrogens (tertiary/aromatic N) is 1. The second-order valence-electron chi connectivity index (χ2n) is 4.62. The van der Waals surface area contributed by atoms with Gasteiger partial charge in [-0.3, -0.25) is 0 Å². The molecule has 1 fully saturated rings. The topological polar surface area (TPSA) is 23.5 Å². The Morgan fingerprint density at radius 2 is 2.00 bits per heavy atom. The molecule has 0 saturated carbocycles. The van der Waals surface area contributed by atoms with Crippen molar-refractivity contribution in [1.82, 2.24) is 4.90 Å². The molecule has 1 atom stereocenters. The van der Waals surface area contributed by atoms with Gasteiger partial charge in [-0.15, -0.1) is 0 Å². The van der Waals surface area contributed by atoms with E-state index in [1.807, 2.05) is 30.0 Å². The van der Waals surface area contributed by atoms with Gasteiger partial charge in [0, 0.05) is 31.1 Å². The van der Waals surface area contributed by atoms with E-state index in [4.69, 9.17) is 0 Å². The molecule has 1 saturated heterocycles. The van der Waals surface area contributed by atoms with Gasteiger partial charge in [0.05, 0.1) is 6.10 Å². The summed E-state index contributed by atoms with van der Waals surface area (Å²) < 4.78 is 0. The minimum atomic E-state index is -0.314. The molecule has 0 spiro atoms. The van der Waals surface area contributed by atoms with Crippen molar-refractivity contribution < 1.29 is 5.11 Å². The van der Waals surface area contributed by atoms with Crippen LogP contribution in [0.5, 0.6) is 0 Å². The zero-order valence-electron chi connectivity index (χ0n) is 10.4. The molecule has 0 amide bonds. The summed E-state index contributed by atoms with van der Waals surface area (Å²) in [7, 11) is 0. The third kappa shape index (κ3) is 3.73. The number of rotatable bonds is 4. The smallest absolute Gasteiger partial charge is 0.0804 e. The summed E-state index contributed by atoms with van der Waals surface area (Å²) in [6.45, 7) is 5.42. The molecule has 1 aliphatic rings. The Bertz CT molecular complexity index is 350. The molecule has 3 heteroatoms. The van der Waals surface area contributed by atoms with Crippen LogP contribution < -0.4 is 0 Å². The third-order valence-electron chi connectivity index (χ3n) is 3.37. The largest absolute Gasteiger partial charge is 0.388 e. The molecule has 1 aliphatic heterocycles. The van der Waals surface area contributed by atoms with E-state index in [1.54, 1.807) is 0 Å². The normalized spacial score (nSPS) is 19.2. The lowest BCUT2D eigenvalue weighted by molar-refractivity contribution is 0.144. The molecule has 94 valence electrons. The average molecular weight is 251 g/mol. The molecular weight excluding hydrogens is 230 g/mol. The first-order valence-electron chi connectivity index (χ1n) is 6.31. The maximum absolute atomic E-state index is 10.2. The van der Waals surface area contributed by atoms with Gasteiger partial charge in [-0.25, -0.2) is 0 Å². The van der Waals surface area contributed by atoms with Crippen LogP contribution in [0.1, 0.15) is 23.7 Å². The molecule has 1 aromatic rings. The zero-order valence-corrected chi connectivity index (χ0v) is 11.2. The summed E-state index contributed by atoms with van der Waals surface area (Å²) in [6.07, 6.45) is 0.529. The van der Waals surface area contributed by atoms with Crippen LogP contribution in [0.15, 0.2) is 24.3 Å². The van der Waals surface area contributed by atoms with E-state index in [-0.39, 0.29) is 6.10 Å². The van der Waals surface area contributed by atoms with Crippen LogP contribution in [0.25, 0.3) is 0 Å². The van der Waals surface area contributed by atoms with E-state index >= 15 is 0 Å². The van der Waals surface area contributed by atoms with Crippen molar-refractivity contribution in [3.8, 4) is 0 Å². The van der Waals surface area contributed by atoms with Gasteiger partial charge in [-0.1, -0.05) is 24.3 Å². The zero-order chi connectivity index (χ0) is 12.1. The maximum Gasteiger partial charge on any atom is 0.0804 e. The van der Waals surface area contributed by atoms with Crippen LogP contribution in [0.3, 0.4) is 0 Å². The molecule has 2 nitrogen and oxygen atoms in total. The Hall–Kier alpha value is -0.510. The molecule has 17 heavy (non-hydrogen) atoms. The third-order valence-corrected chi connectivity index (χ3v) is 4.31. The number of aliphatic hydroxyl groups excluding tert-OH is 1. The van der Waals surface area contributed by atoms with Gasteiger partial charge in [-0.2, -0.15) is 11.8 Å². The van der Waals surface area contributed by atoms with E-state index in [1.165, 1.54) is 30.2 Å². The number of aliphatic hydroxyl groups is 1. The highest BCUT2D eigenvalue weighted by atomic mass is 32.2. The van der Waals surface area contributed by atoms with E-state index in [0.717, 1.165) is 18.5 Å². The Balaban J connectivity index is 1.84. The first-order valence-corrected chi connectivity index (χ1v) is 7.46. The van der Waals surface area contributed by atoms with E-state index in [9.17, 15) is 5.11 Å². The van der Waals surface area contributed by atoms with E-state index < -0.39 is 0 Å². The predicted octanol–water partition coefficient (Wildman–Crippen LogP) is 2.47. The first kappa shape index (κ1) is 12.9. The van der Waals surface area contributed by atoms with E-state index in [2.05, 4.69) is 17.9 Å². The quantitative estimate of drug-likeness (QED) is 0.889. The summed E-state index contributed by atoms with van der Waals surface area (Å²) in [5, 5.41) is 10.2. The van der Waals surface area contributed by atoms with Crippen LogP contribution in [-0.2, 0) is 0 Å². The van der Waals surface area contributed by atoms with Gasteiger partial charge in [-0.05, 0) is 24.5 Å². The van der Waals surface area contributed by atoms with Gasteiger partial charge in [0.1, 0.15) is 0 Å². The Labute approximate surface area is 108 Å². The summed E-state index contributed by atoms with van der Waals surface area (Å²) in [4.78, 5) is 2.46. The monoisotopic (exact) mass is 251 g/mol. The van der Waals surface area contributed by atoms with Gasteiger partial charge in [0.15, 0.2) is 0 Å². The number of thioether (sulfide) groups is 1. The molecule has 0 aromatic heterocycles. The van der Waals surface area contributed by atoms with E-state index in [0.29, 0.717) is 0 Å². The molecule has 1 N–H and O–H groups in total. The molecule has 0 radical (unpaired) electrons. The summed E-state index contributed by atoms with van der Waals surface area (Å²) in [5.74, 6) is 2.47. The lowest BCUT2D eigenvalue weighted by atomic mass is 10.0. The van der Waals surface area contributed by atoms with Crippen LogP contribution in [-0.4, -0.2) is 41.1 Å². The van der Waals surface area contributed by atoms with Crippen LogP contribution in [0, 0.1) is 6.92 Å². The standard InChI is InChI=1S/C14H21NOS/c1-12-4-2-3-5-13(12)14(16)6-7-15-8-10-17-11-9-15/h2-5,14,16H,6-11H2,1H3. The summed E-state index contributed by atoms with van der Waals surface area (Å²) >= 11 is 2.03. The fraction of sp³-hybridized carbons (Fsp3) is 0.571. The average Bonchev–Trinajstić information content (AvgIpc) is 2.38. The van der Waals surface area contributed by atoms with Gasteiger partial charge in [0.2, 0.25) is 0 Å². The second kappa shape index (κ2) is 6.43. The minimum Gasteiger partial charge on any atom is -0.388 e. The summed E-state index contributed by atoms with van der Waals surface area (Å²) in [6, 6.07) is 8.12. The van der Waals surface area contributed by atoms with Crippen molar-refractivity contribution in [3.63, 3.8) is 0 Å². The maximum atomic E-state index is 10.2. The summed E-state index contributed by atoms with van der Waals surface area (Å²) in [5.41, 5.74) is 2.27. The molecular formula is C14H21NOS. The molecule has 0 bridgehead atoms. The molecule has 1 unspecified atom stereocenters. The van der Waals surface area contributed by atoms with Crippen molar-refractivity contribution in [2.45, 2.75) is 19.4 Å². The van der Waals surface area contributed by atoms with Crippen molar-refractivity contribution in [3.05, 3.63) is 35.4 Å². The molecule has 1 heterocycles. The lowest BCUT2D eigenvalue weighted by Crippen LogP contribution is -2.34. The molecule has 1 aromatic carbocycles. The van der Waals surface area contributed by atoms with Gasteiger partial charge in [0.25, 0.3) is 0 Å². The Morgan fingerprint density at radius 3 is 2.71 bits per heavy atom. The van der Waals surface area contributed by atoms with Gasteiger partial charge >= 0.3 is 0 Å². The minimum absolute atomic E-state index is 0.314. The molecule has 2 rings (SSSR count). The Morgan fingerprint density at radius 1 is 1.29 bits per heavy atom. The van der Waals surface area contributed by atoms with Crippen molar-refractivity contribution >= 4 is 11.8 Å². The number of benzene rings is 1. The van der Waals surface area contributed by atoms with Crippen LogP contribution in [0.4, 0.5) is 0 Å². The second-order valence-corrected chi connectivity index (χ2v) is 5.84. The SMILES string of the molecule is Cc1ccccc1C(O)CCN1CCSCC1. The Kier molecular flexibility index (Phi) is 4.89. The lowest BCUT2D eigenvalue weighted by Gasteiger charge is -2.27. The highest BCUT2D eigenvalue weighted by Crippen LogP contribution is 2.21. The highest BCUT2D eigenvalue weighted by Gasteiger charge is 2.14. The fourth-order valence-corrected chi connectivity index (χ4v) is 3.22. The predicted molar refractivity (Wildman–Crippen MR) is 74.5 cm³/mol. The van der Waals surface area contributed by atoms with Crippen LogP contribution >= 0.6 is 11.8 Å². The highest BCUT2D eigenvalue weighted by molar-refractivity contribution is 7.99. The van der Waals surface area contributed by atoms with Crippen LogP contribution in [0.2, 0.25) is 0 Å². The number of hydrogen-bond donors (Lipinski definition) is 1. The van der Waals surface area contributed by atoms with Crippen molar-refractivity contribution in [1.29, 1.82) is 0 Å². The fourth-order valence-electron chi connectivity index (χ4n) is 2.25. The number of hydrogen-bond acceptors (Lipinski definition) is 3. The van der Waals surface area contributed by atoms with Gasteiger partial charge < -0.3 is 10.0 Å². The first-order chi connectivity index (χ1) is 8.27. The number of aryl methyl sites for hydroxylation is 1. The van der Waals surface area contributed by atoms with Crippen molar-refractivity contribution in [2.24, 2.45) is 0 Å². The molecule has 0 aliphatic carbocycles.